The van der Waals surface area contributed by atoms with Crippen LogP contribution in [0.3, 0.4) is 0 Å². The van der Waals surface area contributed by atoms with E-state index in [4.69, 9.17) is 9.47 Å². The standard InChI is InChI=1S/C24H35NO3/c1-16(2)25-23(26)28-15-24-14-27-21(12-11-20-9-7-6-8-10-20)22(19(24)5)17(3)13-18(24)4/h6-10,13,16,18-19,21-22H,11-12,14-15H2,1-5H3,(H,25,26)/t18-,19-,21+,22-,24-/m1/s1. The van der Waals surface area contributed by atoms with Gasteiger partial charge in [-0.3, -0.25) is 0 Å². The summed E-state index contributed by atoms with van der Waals surface area (Å²) in [5.74, 6) is 1.11. The molecule has 1 N–H and O–H groups in total. The maximum atomic E-state index is 12.1. The zero-order valence-corrected chi connectivity index (χ0v) is 17.9. The van der Waals surface area contributed by atoms with E-state index in [-0.39, 0.29) is 23.7 Å². The van der Waals surface area contributed by atoms with Crippen LogP contribution in [0.15, 0.2) is 42.0 Å². The Labute approximate surface area is 169 Å². The van der Waals surface area contributed by atoms with E-state index in [1.165, 1.54) is 11.1 Å². The molecule has 1 saturated heterocycles. The number of carbonyl (C=O) groups is 1. The zero-order chi connectivity index (χ0) is 20.3. The lowest BCUT2D eigenvalue weighted by atomic mass is 9.56. The van der Waals surface area contributed by atoms with E-state index in [2.05, 4.69) is 62.5 Å². The molecule has 4 heteroatoms. The minimum absolute atomic E-state index is 0.0751. The van der Waals surface area contributed by atoms with Gasteiger partial charge in [0.2, 0.25) is 0 Å². The van der Waals surface area contributed by atoms with E-state index in [1.807, 2.05) is 13.8 Å². The predicted molar refractivity (Wildman–Crippen MR) is 112 cm³/mol. The van der Waals surface area contributed by atoms with Crippen molar-refractivity contribution in [2.24, 2.45) is 23.2 Å². The highest BCUT2D eigenvalue weighted by Crippen LogP contribution is 2.53. The van der Waals surface area contributed by atoms with Crippen molar-refractivity contribution in [2.75, 3.05) is 13.2 Å². The van der Waals surface area contributed by atoms with Gasteiger partial charge < -0.3 is 14.8 Å². The third-order valence-corrected chi connectivity index (χ3v) is 6.80. The number of nitrogens with one attached hydrogen (secondary N) is 1. The second-order valence-corrected chi connectivity index (χ2v) is 9.00. The summed E-state index contributed by atoms with van der Waals surface area (Å²) >= 11 is 0. The quantitative estimate of drug-likeness (QED) is 0.702. The van der Waals surface area contributed by atoms with Crippen molar-refractivity contribution in [3.63, 3.8) is 0 Å². The van der Waals surface area contributed by atoms with Crippen molar-refractivity contribution >= 4 is 6.09 Å². The van der Waals surface area contributed by atoms with Crippen molar-refractivity contribution in [1.29, 1.82) is 0 Å². The Morgan fingerprint density at radius 3 is 2.68 bits per heavy atom. The molecule has 1 aliphatic carbocycles. The topological polar surface area (TPSA) is 47.6 Å². The minimum Gasteiger partial charge on any atom is -0.449 e. The number of carbonyl (C=O) groups excluding carboxylic acids is 1. The van der Waals surface area contributed by atoms with Gasteiger partial charge in [-0.15, -0.1) is 0 Å². The van der Waals surface area contributed by atoms with Crippen LogP contribution in [0.1, 0.15) is 46.6 Å². The molecular formula is C24H35NO3. The van der Waals surface area contributed by atoms with E-state index < -0.39 is 0 Å². The summed E-state index contributed by atoms with van der Waals surface area (Å²) in [6.45, 7) is 11.7. The highest BCUT2D eigenvalue weighted by Gasteiger charge is 2.54. The lowest BCUT2D eigenvalue weighted by Gasteiger charge is -2.55. The van der Waals surface area contributed by atoms with Gasteiger partial charge in [0.15, 0.2) is 0 Å². The Hall–Kier alpha value is -1.81. The minimum atomic E-state index is -0.335. The lowest BCUT2D eigenvalue weighted by Crippen LogP contribution is -2.57. The van der Waals surface area contributed by atoms with Crippen LogP contribution in [0.25, 0.3) is 0 Å². The first-order chi connectivity index (χ1) is 13.3. The fraction of sp³-hybridized carbons (Fsp3) is 0.625. The summed E-state index contributed by atoms with van der Waals surface area (Å²) in [5.41, 5.74) is 2.62. The van der Waals surface area contributed by atoms with Crippen LogP contribution in [-0.2, 0) is 15.9 Å². The molecular weight excluding hydrogens is 350 g/mol. The van der Waals surface area contributed by atoms with Gasteiger partial charge in [0.05, 0.1) is 12.7 Å². The van der Waals surface area contributed by atoms with E-state index >= 15 is 0 Å². The number of hydrogen-bond donors (Lipinski definition) is 1. The zero-order valence-electron chi connectivity index (χ0n) is 17.9. The molecule has 0 aromatic heterocycles. The average molecular weight is 386 g/mol. The van der Waals surface area contributed by atoms with E-state index in [1.54, 1.807) is 0 Å². The van der Waals surface area contributed by atoms with Crippen molar-refractivity contribution in [1.82, 2.24) is 5.32 Å². The smallest absolute Gasteiger partial charge is 0.407 e. The lowest BCUT2D eigenvalue weighted by molar-refractivity contribution is -0.164. The van der Waals surface area contributed by atoms with Gasteiger partial charge in [0.25, 0.3) is 0 Å². The number of alkyl carbamates (subject to hydrolysis) is 1. The SMILES string of the molecule is CC1=C[C@@H](C)[C@]2(COC(=O)NC(C)C)CO[C@@H](CCc3ccccc3)[C@H]1[C@H]2C. The Bertz CT molecular complexity index is 699. The van der Waals surface area contributed by atoms with Crippen LogP contribution in [0, 0.1) is 23.2 Å². The summed E-state index contributed by atoms with van der Waals surface area (Å²) in [7, 11) is 0. The molecule has 1 aromatic carbocycles. The molecule has 1 aliphatic heterocycles. The van der Waals surface area contributed by atoms with Crippen LogP contribution in [0.5, 0.6) is 0 Å². The van der Waals surface area contributed by atoms with Gasteiger partial charge in [-0.2, -0.15) is 0 Å². The normalized spacial score (nSPS) is 32.0. The summed E-state index contributed by atoms with van der Waals surface area (Å²) < 4.78 is 12.1. The van der Waals surface area contributed by atoms with Crippen molar-refractivity contribution in [2.45, 2.75) is 59.6 Å². The third kappa shape index (κ3) is 4.27. The number of benzene rings is 1. The third-order valence-electron chi connectivity index (χ3n) is 6.80. The first-order valence-electron chi connectivity index (χ1n) is 10.6. The number of amides is 1. The Kier molecular flexibility index (Phi) is 6.49. The highest BCUT2D eigenvalue weighted by molar-refractivity contribution is 5.67. The highest BCUT2D eigenvalue weighted by atomic mass is 16.6. The molecule has 0 radical (unpaired) electrons. The van der Waals surface area contributed by atoms with Crippen LogP contribution in [0.4, 0.5) is 4.79 Å². The summed E-state index contributed by atoms with van der Waals surface area (Å²) in [6, 6.07) is 10.7. The number of aryl methyl sites for hydroxylation is 1. The van der Waals surface area contributed by atoms with Gasteiger partial charge in [0, 0.05) is 17.4 Å². The molecule has 1 aromatic rings. The second kappa shape index (κ2) is 8.69. The van der Waals surface area contributed by atoms with Crippen molar-refractivity contribution in [3.8, 4) is 0 Å². The Morgan fingerprint density at radius 1 is 1.29 bits per heavy atom. The molecule has 1 amide bonds. The molecule has 5 atom stereocenters. The summed E-state index contributed by atoms with van der Waals surface area (Å²) in [6.07, 6.45) is 4.31. The molecule has 0 unspecified atom stereocenters. The van der Waals surface area contributed by atoms with E-state index in [0.717, 1.165) is 12.8 Å². The Balaban J connectivity index is 1.71. The molecule has 28 heavy (non-hydrogen) atoms. The Morgan fingerprint density at radius 2 is 2.00 bits per heavy atom. The second-order valence-electron chi connectivity index (χ2n) is 9.00. The number of hydrogen-bond acceptors (Lipinski definition) is 3. The maximum absolute atomic E-state index is 12.1. The summed E-state index contributed by atoms with van der Waals surface area (Å²) in [5, 5.41) is 2.82. The monoisotopic (exact) mass is 385 g/mol. The largest absolute Gasteiger partial charge is 0.449 e. The van der Waals surface area contributed by atoms with Gasteiger partial charge in [-0.05, 0) is 51.0 Å². The molecule has 0 saturated carbocycles. The van der Waals surface area contributed by atoms with Crippen LogP contribution < -0.4 is 5.32 Å². The van der Waals surface area contributed by atoms with Gasteiger partial charge in [-0.25, -0.2) is 4.79 Å². The van der Waals surface area contributed by atoms with Crippen LogP contribution in [-0.4, -0.2) is 31.5 Å². The maximum Gasteiger partial charge on any atom is 0.407 e. The van der Waals surface area contributed by atoms with Gasteiger partial charge in [-0.1, -0.05) is 55.8 Å². The molecule has 4 nitrogen and oxygen atoms in total. The fourth-order valence-corrected chi connectivity index (χ4v) is 5.08. The van der Waals surface area contributed by atoms with Crippen LogP contribution >= 0.6 is 0 Å². The number of ether oxygens (including phenoxy) is 2. The van der Waals surface area contributed by atoms with Gasteiger partial charge >= 0.3 is 6.09 Å². The van der Waals surface area contributed by atoms with E-state index in [0.29, 0.717) is 31.0 Å². The first-order valence-corrected chi connectivity index (χ1v) is 10.6. The molecule has 2 aliphatic rings. The summed E-state index contributed by atoms with van der Waals surface area (Å²) in [4.78, 5) is 12.1. The van der Waals surface area contributed by atoms with Crippen molar-refractivity contribution in [3.05, 3.63) is 47.5 Å². The molecule has 0 spiro atoms. The molecule has 1 fully saturated rings. The molecule has 154 valence electrons. The van der Waals surface area contributed by atoms with Crippen LogP contribution in [0.2, 0.25) is 0 Å². The first kappa shape index (κ1) is 20.9. The predicted octanol–water partition coefficient (Wildman–Crippen LogP) is 4.99. The molecule has 1 heterocycles. The van der Waals surface area contributed by atoms with E-state index in [9.17, 15) is 4.79 Å². The number of allylic oxidation sites excluding steroid dienone is 1. The average Bonchev–Trinajstić information content (AvgIpc) is 2.64. The molecule has 2 bridgehead atoms. The number of fused-ring (bicyclic) bond motifs is 2. The van der Waals surface area contributed by atoms with Gasteiger partial charge in [0.1, 0.15) is 6.61 Å². The fourth-order valence-electron chi connectivity index (χ4n) is 5.08. The van der Waals surface area contributed by atoms with Crippen molar-refractivity contribution < 1.29 is 14.3 Å². The molecule has 3 rings (SSSR count). The number of rotatable bonds is 6.